The number of carbonyl (C=O) groups is 1. The summed E-state index contributed by atoms with van der Waals surface area (Å²) in [7, 11) is 0. The van der Waals surface area contributed by atoms with Gasteiger partial charge in [0.15, 0.2) is 0 Å². The Bertz CT molecular complexity index is 1110. The number of ether oxygens (including phenoxy) is 1. The Morgan fingerprint density at radius 1 is 1.17 bits per heavy atom. The Hall–Kier alpha value is -2.69. The van der Waals surface area contributed by atoms with Crippen LogP contribution in [-0.2, 0) is 6.61 Å². The van der Waals surface area contributed by atoms with Gasteiger partial charge in [0.1, 0.15) is 24.0 Å². The fourth-order valence-electron chi connectivity index (χ4n) is 2.79. The van der Waals surface area contributed by atoms with Crippen LogP contribution in [0, 0.1) is 25.2 Å². The number of nitriles is 1. The molecular formula is C22H17Br2N3O2. The fourth-order valence-corrected chi connectivity index (χ4v) is 4.24. The van der Waals surface area contributed by atoms with E-state index >= 15 is 0 Å². The highest BCUT2D eigenvalue weighted by Gasteiger charge is 2.16. The number of hydrogen-bond donors (Lipinski definition) is 0. The molecule has 0 radical (unpaired) electrons. The van der Waals surface area contributed by atoms with Gasteiger partial charge in [0.05, 0.1) is 14.6 Å². The van der Waals surface area contributed by atoms with Crippen LogP contribution in [-0.4, -0.2) is 15.7 Å². The van der Waals surface area contributed by atoms with Gasteiger partial charge in [-0.15, -0.1) is 0 Å². The highest BCUT2D eigenvalue weighted by Crippen LogP contribution is 2.36. The minimum atomic E-state index is -0.463. The van der Waals surface area contributed by atoms with Crippen LogP contribution >= 0.6 is 31.9 Å². The van der Waals surface area contributed by atoms with Crippen LogP contribution in [0.25, 0.3) is 6.08 Å². The maximum absolute atomic E-state index is 12.7. The first-order valence-electron chi connectivity index (χ1n) is 8.74. The van der Waals surface area contributed by atoms with Crippen molar-refractivity contribution in [1.82, 2.24) is 9.78 Å². The number of halogens is 2. The van der Waals surface area contributed by atoms with E-state index in [0.717, 1.165) is 11.3 Å². The first kappa shape index (κ1) is 21.0. The number of allylic oxidation sites excluding steroid dienone is 1. The molecule has 3 aromatic rings. The first-order chi connectivity index (χ1) is 13.9. The number of aromatic nitrogens is 2. The van der Waals surface area contributed by atoms with Gasteiger partial charge in [-0.1, -0.05) is 30.3 Å². The molecule has 7 heteroatoms. The predicted molar refractivity (Wildman–Crippen MR) is 119 cm³/mol. The molecular weight excluding hydrogens is 498 g/mol. The van der Waals surface area contributed by atoms with E-state index < -0.39 is 5.91 Å². The molecule has 1 aromatic heterocycles. The van der Waals surface area contributed by atoms with Crippen LogP contribution in [0.4, 0.5) is 0 Å². The van der Waals surface area contributed by atoms with E-state index in [9.17, 15) is 10.1 Å². The van der Waals surface area contributed by atoms with Crippen LogP contribution in [0.1, 0.15) is 27.3 Å². The monoisotopic (exact) mass is 513 g/mol. The molecule has 0 fully saturated rings. The van der Waals surface area contributed by atoms with E-state index in [1.807, 2.05) is 36.4 Å². The van der Waals surface area contributed by atoms with E-state index in [1.165, 1.54) is 10.8 Å². The molecule has 0 N–H and O–H groups in total. The molecule has 0 aliphatic rings. The summed E-state index contributed by atoms with van der Waals surface area (Å²) in [5.41, 5.74) is 3.13. The van der Waals surface area contributed by atoms with Crippen molar-refractivity contribution in [2.45, 2.75) is 20.5 Å². The van der Waals surface area contributed by atoms with Crippen molar-refractivity contribution in [3.05, 3.63) is 85.6 Å². The van der Waals surface area contributed by atoms with Crippen molar-refractivity contribution in [3.63, 3.8) is 0 Å². The van der Waals surface area contributed by atoms with Crippen molar-refractivity contribution in [2.24, 2.45) is 0 Å². The molecule has 146 valence electrons. The molecule has 0 aliphatic carbocycles. The second-order valence-electron chi connectivity index (χ2n) is 6.40. The summed E-state index contributed by atoms with van der Waals surface area (Å²) in [4.78, 5) is 12.7. The third kappa shape index (κ3) is 5.03. The molecule has 0 spiro atoms. The summed E-state index contributed by atoms with van der Waals surface area (Å²) in [6.45, 7) is 4.00. The Kier molecular flexibility index (Phi) is 6.68. The maximum Gasteiger partial charge on any atom is 0.289 e. The fraction of sp³-hybridized carbons (Fsp3) is 0.136. The average Bonchev–Trinajstić information content (AvgIpc) is 3.03. The van der Waals surface area contributed by atoms with Gasteiger partial charge in [0.2, 0.25) is 0 Å². The molecule has 5 nitrogen and oxygen atoms in total. The molecule has 0 atom stereocenters. The van der Waals surface area contributed by atoms with Gasteiger partial charge in [-0.25, -0.2) is 4.68 Å². The molecule has 0 saturated carbocycles. The number of rotatable bonds is 5. The lowest BCUT2D eigenvalue weighted by atomic mass is 10.1. The van der Waals surface area contributed by atoms with E-state index in [0.29, 0.717) is 32.6 Å². The second-order valence-corrected chi connectivity index (χ2v) is 8.11. The molecule has 3 rings (SSSR count). The Morgan fingerprint density at radius 3 is 2.38 bits per heavy atom. The molecule has 2 aromatic carbocycles. The van der Waals surface area contributed by atoms with E-state index in [4.69, 9.17) is 4.74 Å². The minimum absolute atomic E-state index is 0.00652. The summed E-state index contributed by atoms with van der Waals surface area (Å²) < 4.78 is 8.58. The zero-order valence-corrected chi connectivity index (χ0v) is 19.0. The Balaban J connectivity index is 1.86. The van der Waals surface area contributed by atoms with Gasteiger partial charge < -0.3 is 4.74 Å². The second kappa shape index (κ2) is 9.21. The van der Waals surface area contributed by atoms with Crippen LogP contribution < -0.4 is 4.74 Å². The third-order valence-electron chi connectivity index (χ3n) is 4.11. The zero-order chi connectivity index (χ0) is 21.0. The lowest BCUT2D eigenvalue weighted by Crippen LogP contribution is -2.15. The Labute approximate surface area is 185 Å². The van der Waals surface area contributed by atoms with Crippen molar-refractivity contribution in [1.29, 1.82) is 5.26 Å². The topological polar surface area (TPSA) is 67.9 Å². The van der Waals surface area contributed by atoms with Crippen LogP contribution in [0.5, 0.6) is 5.75 Å². The average molecular weight is 515 g/mol. The first-order valence-corrected chi connectivity index (χ1v) is 10.3. The number of benzene rings is 2. The SMILES string of the molecule is Cc1cc(C)n(C(=O)/C(C#N)=C/c2cc(Br)c(OCc3ccccc3)c(Br)c2)n1. The number of nitrogens with zero attached hydrogens (tertiary/aromatic N) is 3. The highest BCUT2D eigenvalue weighted by atomic mass is 79.9. The van der Waals surface area contributed by atoms with E-state index in [-0.39, 0.29) is 5.57 Å². The smallest absolute Gasteiger partial charge is 0.289 e. The van der Waals surface area contributed by atoms with Gasteiger partial charge >= 0.3 is 0 Å². The number of carbonyl (C=O) groups excluding carboxylic acids is 1. The van der Waals surface area contributed by atoms with E-state index in [2.05, 4.69) is 37.0 Å². The summed E-state index contributed by atoms with van der Waals surface area (Å²) >= 11 is 7.02. The van der Waals surface area contributed by atoms with Gasteiger partial charge in [-0.3, -0.25) is 4.79 Å². The number of aryl methyl sites for hydroxylation is 2. The predicted octanol–water partition coefficient (Wildman–Crippen LogP) is 5.85. The van der Waals surface area contributed by atoms with Gasteiger partial charge in [-0.2, -0.15) is 10.4 Å². The van der Waals surface area contributed by atoms with Crippen molar-refractivity contribution >= 4 is 43.8 Å². The number of hydrogen-bond acceptors (Lipinski definition) is 4. The standard InChI is InChI=1S/C22H17Br2N3O2/c1-14-8-15(2)27(26-14)22(28)18(12-25)9-17-10-19(23)21(20(24)11-17)29-13-16-6-4-3-5-7-16/h3-11H,13H2,1-2H3/b18-9+. The molecule has 0 aliphatic heterocycles. The molecule has 0 unspecified atom stereocenters. The lowest BCUT2D eigenvalue weighted by Gasteiger charge is -2.11. The third-order valence-corrected chi connectivity index (χ3v) is 5.29. The summed E-state index contributed by atoms with van der Waals surface area (Å²) in [6.07, 6.45) is 1.54. The normalized spacial score (nSPS) is 11.2. The Morgan fingerprint density at radius 2 is 1.83 bits per heavy atom. The minimum Gasteiger partial charge on any atom is -0.487 e. The van der Waals surface area contributed by atoms with E-state index in [1.54, 1.807) is 32.0 Å². The van der Waals surface area contributed by atoms with Gasteiger partial charge in [0, 0.05) is 5.69 Å². The van der Waals surface area contributed by atoms with Gasteiger partial charge in [0.25, 0.3) is 5.91 Å². The van der Waals surface area contributed by atoms with Crippen LogP contribution in [0.2, 0.25) is 0 Å². The molecule has 0 amide bonds. The highest BCUT2D eigenvalue weighted by molar-refractivity contribution is 9.11. The van der Waals surface area contributed by atoms with Gasteiger partial charge in [-0.05, 0) is 81.1 Å². The van der Waals surface area contributed by atoms with Crippen LogP contribution in [0.15, 0.2) is 63.0 Å². The summed E-state index contributed by atoms with van der Waals surface area (Å²) in [5, 5.41) is 13.7. The quantitative estimate of drug-likeness (QED) is 0.316. The zero-order valence-electron chi connectivity index (χ0n) is 15.8. The van der Waals surface area contributed by atoms with Crippen molar-refractivity contribution in [2.75, 3.05) is 0 Å². The van der Waals surface area contributed by atoms with Crippen molar-refractivity contribution in [3.8, 4) is 11.8 Å². The summed E-state index contributed by atoms with van der Waals surface area (Å²) in [6, 6.07) is 17.2. The summed E-state index contributed by atoms with van der Waals surface area (Å²) in [5.74, 6) is 0.184. The molecule has 0 saturated heterocycles. The molecule has 0 bridgehead atoms. The maximum atomic E-state index is 12.7. The largest absolute Gasteiger partial charge is 0.487 e. The lowest BCUT2D eigenvalue weighted by molar-refractivity contribution is 0.0943. The van der Waals surface area contributed by atoms with Crippen molar-refractivity contribution < 1.29 is 9.53 Å². The van der Waals surface area contributed by atoms with Crippen LogP contribution in [0.3, 0.4) is 0 Å². The molecule has 1 heterocycles. The molecule has 29 heavy (non-hydrogen) atoms.